The molecule has 1 aromatic heterocycles. The van der Waals surface area contributed by atoms with E-state index in [1.54, 1.807) is 52.3 Å². The number of pyridine rings is 1. The molecule has 3 amide bonds. The van der Waals surface area contributed by atoms with Gasteiger partial charge in [-0.1, -0.05) is 23.7 Å². The lowest BCUT2D eigenvalue weighted by atomic mass is 10.2. The summed E-state index contributed by atoms with van der Waals surface area (Å²) < 4.78 is 0. The van der Waals surface area contributed by atoms with Gasteiger partial charge in [0.15, 0.2) is 0 Å². The van der Waals surface area contributed by atoms with Crippen LogP contribution in [-0.2, 0) is 4.79 Å². The van der Waals surface area contributed by atoms with Crippen molar-refractivity contribution in [3.8, 4) is 0 Å². The Morgan fingerprint density at radius 1 is 0.963 bits per heavy atom. The third-order valence-corrected chi connectivity index (χ3v) is 4.53. The monoisotopic (exact) mass is 386 g/mol. The Hall–Kier alpha value is -2.93. The summed E-state index contributed by atoms with van der Waals surface area (Å²) in [5, 5.41) is 3.22. The van der Waals surface area contributed by atoms with Crippen LogP contribution in [0.1, 0.15) is 27.9 Å². The first kappa shape index (κ1) is 18.8. The molecule has 0 atom stereocenters. The summed E-state index contributed by atoms with van der Waals surface area (Å²) in [6.45, 7) is 3.39. The van der Waals surface area contributed by atoms with Crippen LogP contribution in [0.5, 0.6) is 0 Å². The van der Waals surface area contributed by atoms with Crippen LogP contribution in [0, 0.1) is 0 Å². The lowest BCUT2D eigenvalue weighted by Gasteiger charge is -2.34. The number of amides is 3. The summed E-state index contributed by atoms with van der Waals surface area (Å²) in [6, 6.07) is 11.5. The Balaban J connectivity index is 1.69. The van der Waals surface area contributed by atoms with E-state index in [4.69, 9.17) is 11.6 Å². The smallest absolute Gasteiger partial charge is 0.274 e. The molecule has 2 aromatic rings. The number of hydrogen-bond acceptors (Lipinski definition) is 4. The average molecular weight is 387 g/mol. The van der Waals surface area contributed by atoms with Gasteiger partial charge in [-0.05, 0) is 30.3 Å². The van der Waals surface area contributed by atoms with Crippen molar-refractivity contribution in [3.63, 3.8) is 0 Å². The summed E-state index contributed by atoms with van der Waals surface area (Å²) in [5.74, 6) is -0.677. The molecule has 1 aliphatic heterocycles. The van der Waals surface area contributed by atoms with Crippen molar-refractivity contribution in [1.82, 2.24) is 14.8 Å². The van der Waals surface area contributed by atoms with Crippen molar-refractivity contribution in [2.45, 2.75) is 6.92 Å². The number of carbonyl (C=O) groups excluding carboxylic acids is 3. The molecule has 0 unspecified atom stereocenters. The summed E-state index contributed by atoms with van der Waals surface area (Å²) in [6.07, 6.45) is 0. The van der Waals surface area contributed by atoms with Crippen molar-refractivity contribution in [2.75, 3.05) is 31.5 Å². The fourth-order valence-electron chi connectivity index (χ4n) is 2.83. The van der Waals surface area contributed by atoms with Gasteiger partial charge in [0.25, 0.3) is 11.8 Å². The minimum absolute atomic E-state index is 0.0000854. The van der Waals surface area contributed by atoms with Crippen molar-refractivity contribution in [1.29, 1.82) is 0 Å². The van der Waals surface area contributed by atoms with Gasteiger partial charge in [0, 0.05) is 43.8 Å². The van der Waals surface area contributed by atoms with E-state index in [-0.39, 0.29) is 23.2 Å². The van der Waals surface area contributed by atoms with E-state index in [1.165, 1.54) is 6.92 Å². The fourth-order valence-corrected chi connectivity index (χ4v) is 3.02. The number of hydrogen-bond donors (Lipinski definition) is 1. The summed E-state index contributed by atoms with van der Waals surface area (Å²) in [7, 11) is 0. The van der Waals surface area contributed by atoms with Crippen LogP contribution >= 0.6 is 11.6 Å². The molecular weight excluding hydrogens is 368 g/mol. The zero-order chi connectivity index (χ0) is 19.4. The summed E-state index contributed by atoms with van der Waals surface area (Å²) in [5.41, 5.74) is 0.889. The second kappa shape index (κ2) is 8.18. The number of aromatic nitrogens is 1. The molecule has 3 rings (SSSR count). The third-order valence-electron chi connectivity index (χ3n) is 4.30. The van der Waals surface area contributed by atoms with E-state index in [0.29, 0.717) is 36.9 Å². The highest BCUT2D eigenvalue weighted by molar-refractivity contribution is 6.30. The predicted octanol–water partition coefficient (Wildman–Crippen LogP) is 2.29. The summed E-state index contributed by atoms with van der Waals surface area (Å²) in [4.78, 5) is 44.0. The van der Waals surface area contributed by atoms with Crippen molar-refractivity contribution >= 4 is 35.0 Å². The highest BCUT2D eigenvalue weighted by Gasteiger charge is 2.24. The highest BCUT2D eigenvalue weighted by atomic mass is 35.5. The zero-order valence-corrected chi connectivity index (χ0v) is 15.6. The van der Waals surface area contributed by atoms with Crippen LogP contribution in [0.3, 0.4) is 0 Å². The van der Waals surface area contributed by atoms with Crippen molar-refractivity contribution < 1.29 is 14.4 Å². The molecule has 0 spiro atoms. The number of rotatable bonds is 3. The van der Waals surface area contributed by atoms with Crippen LogP contribution in [0.25, 0.3) is 0 Å². The van der Waals surface area contributed by atoms with Crippen molar-refractivity contribution in [3.05, 3.63) is 58.9 Å². The molecule has 0 saturated carbocycles. The number of carbonyl (C=O) groups is 3. The number of benzene rings is 1. The van der Waals surface area contributed by atoms with Crippen LogP contribution in [0.15, 0.2) is 42.5 Å². The molecule has 2 heterocycles. The van der Waals surface area contributed by atoms with Crippen LogP contribution in [0.4, 0.5) is 5.69 Å². The molecule has 27 heavy (non-hydrogen) atoms. The molecule has 8 heteroatoms. The molecule has 1 saturated heterocycles. The molecule has 1 N–H and O–H groups in total. The largest absolute Gasteiger partial charge is 0.339 e. The normalized spacial score (nSPS) is 14.0. The molecule has 0 radical (unpaired) electrons. The molecule has 140 valence electrons. The average Bonchev–Trinajstić information content (AvgIpc) is 2.67. The maximum Gasteiger partial charge on any atom is 0.274 e. The van der Waals surface area contributed by atoms with Gasteiger partial charge < -0.3 is 15.1 Å². The molecular formula is C19H19ClN4O3. The van der Waals surface area contributed by atoms with Gasteiger partial charge in [-0.2, -0.15) is 0 Å². The minimum Gasteiger partial charge on any atom is -0.339 e. The fraction of sp³-hybridized carbons (Fsp3) is 0.263. The SMILES string of the molecule is CC(=O)N1CCN(C(=O)c2cccc(C(=O)Nc3cccc(Cl)c3)n2)CC1. The van der Waals surface area contributed by atoms with Crippen molar-refractivity contribution in [2.24, 2.45) is 0 Å². The lowest BCUT2D eigenvalue weighted by Crippen LogP contribution is -2.50. The number of nitrogens with zero attached hydrogens (tertiary/aromatic N) is 3. The van der Waals surface area contributed by atoms with Gasteiger partial charge in [-0.25, -0.2) is 4.98 Å². The van der Waals surface area contributed by atoms with Gasteiger partial charge in [0.1, 0.15) is 11.4 Å². The van der Waals surface area contributed by atoms with Gasteiger partial charge in [0.2, 0.25) is 5.91 Å². The second-order valence-corrected chi connectivity index (χ2v) is 6.61. The van der Waals surface area contributed by atoms with Crippen LogP contribution < -0.4 is 5.32 Å². The lowest BCUT2D eigenvalue weighted by molar-refractivity contribution is -0.130. The Bertz CT molecular complexity index is 879. The van der Waals surface area contributed by atoms with Crippen LogP contribution in [0.2, 0.25) is 5.02 Å². The standard InChI is InChI=1S/C19H19ClN4O3/c1-13(25)23-8-10-24(11-9-23)19(27)17-7-3-6-16(22-17)18(26)21-15-5-2-4-14(20)12-15/h2-7,12H,8-11H2,1H3,(H,21,26). The molecule has 0 aliphatic carbocycles. The first-order valence-corrected chi connectivity index (χ1v) is 8.90. The number of halogens is 1. The quantitative estimate of drug-likeness (QED) is 0.877. The van der Waals surface area contributed by atoms with Gasteiger partial charge in [-0.15, -0.1) is 0 Å². The number of anilines is 1. The van der Waals surface area contributed by atoms with Gasteiger partial charge in [0.05, 0.1) is 0 Å². The van der Waals surface area contributed by atoms with E-state index >= 15 is 0 Å². The summed E-state index contributed by atoms with van der Waals surface area (Å²) >= 11 is 5.92. The third kappa shape index (κ3) is 4.62. The maximum atomic E-state index is 12.7. The Morgan fingerprint density at radius 3 is 2.26 bits per heavy atom. The van der Waals surface area contributed by atoms with Crippen LogP contribution in [-0.4, -0.2) is 58.7 Å². The van der Waals surface area contributed by atoms with Gasteiger partial charge >= 0.3 is 0 Å². The second-order valence-electron chi connectivity index (χ2n) is 6.17. The highest BCUT2D eigenvalue weighted by Crippen LogP contribution is 2.16. The van der Waals surface area contributed by atoms with Gasteiger partial charge in [-0.3, -0.25) is 14.4 Å². The van der Waals surface area contributed by atoms with E-state index in [9.17, 15) is 14.4 Å². The zero-order valence-electron chi connectivity index (χ0n) is 14.8. The first-order valence-electron chi connectivity index (χ1n) is 8.53. The first-order chi connectivity index (χ1) is 12.9. The molecule has 1 aliphatic rings. The predicted molar refractivity (Wildman–Crippen MR) is 102 cm³/mol. The Labute approximate surface area is 161 Å². The topological polar surface area (TPSA) is 82.6 Å². The molecule has 1 aromatic carbocycles. The Kier molecular flexibility index (Phi) is 5.71. The number of nitrogens with one attached hydrogen (secondary N) is 1. The molecule has 0 bridgehead atoms. The maximum absolute atomic E-state index is 12.7. The van der Waals surface area contributed by atoms with E-state index in [0.717, 1.165) is 0 Å². The minimum atomic E-state index is -0.423. The molecule has 7 nitrogen and oxygen atoms in total. The Morgan fingerprint density at radius 2 is 1.59 bits per heavy atom. The van der Waals surface area contributed by atoms with E-state index in [2.05, 4.69) is 10.3 Å². The number of piperazine rings is 1. The van der Waals surface area contributed by atoms with E-state index in [1.807, 2.05) is 0 Å². The molecule has 1 fully saturated rings. The van der Waals surface area contributed by atoms with E-state index < -0.39 is 5.91 Å².